The van der Waals surface area contributed by atoms with Crippen molar-refractivity contribution in [1.29, 1.82) is 0 Å². The molecule has 0 saturated carbocycles. The molecule has 2 aromatic carbocycles. The average Bonchev–Trinajstić information content (AvgIpc) is 3.35. The molecule has 5 rings (SSSR count). The Morgan fingerprint density at radius 2 is 1.74 bits per heavy atom. The molecule has 2 atom stereocenters. The summed E-state index contributed by atoms with van der Waals surface area (Å²) in [5, 5.41) is 3.88. The zero-order valence-electron chi connectivity index (χ0n) is 19.2. The van der Waals surface area contributed by atoms with Crippen LogP contribution in [0.3, 0.4) is 0 Å². The molecule has 1 saturated heterocycles. The van der Waals surface area contributed by atoms with E-state index in [9.17, 15) is 4.39 Å². The second-order valence-electron chi connectivity index (χ2n) is 8.31. The van der Waals surface area contributed by atoms with E-state index in [1.807, 2.05) is 53.4 Å². The molecule has 2 aromatic heterocycles. The highest BCUT2D eigenvalue weighted by Gasteiger charge is 2.43. The highest BCUT2D eigenvalue weighted by Crippen LogP contribution is 2.44. The molecule has 0 amide bonds. The smallest absolute Gasteiger partial charge is 0.174 e. The van der Waals surface area contributed by atoms with Gasteiger partial charge in [-0.1, -0.05) is 18.2 Å². The summed E-state index contributed by atoms with van der Waals surface area (Å²) >= 11 is 5.74. The quantitative estimate of drug-likeness (QED) is 0.371. The Morgan fingerprint density at radius 3 is 2.41 bits per heavy atom. The normalized spacial score (nSPS) is 17.6. The van der Waals surface area contributed by atoms with Crippen LogP contribution >= 0.6 is 12.2 Å². The molecule has 0 bridgehead atoms. The summed E-state index contributed by atoms with van der Waals surface area (Å²) in [6.07, 6.45) is 1.77. The number of pyridine rings is 1. The lowest BCUT2D eigenvalue weighted by molar-refractivity contribution is 0.414. The molecule has 1 aliphatic rings. The van der Waals surface area contributed by atoms with E-state index in [2.05, 4.69) is 34.8 Å². The number of methoxy groups -OCH3 is 1. The Morgan fingerprint density at radius 1 is 1.00 bits per heavy atom. The van der Waals surface area contributed by atoms with Crippen molar-refractivity contribution < 1.29 is 9.13 Å². The predicted octanol–water partition coefficient (Wildman–Crippen LogP) is 5.81. The molecular formula is C27H25FN4OS. The first-order valence-electron chi connectivity index (χ1n) is 11.1. The molecular weight excluding hydrogens is 447 g/mol. The lowest BCUT2D eigenvalue weighted by atomic mass is 9.96. The molecule has 1 aliphatic heterocycles. The third-order valence-electron chi connectivity index (χ3n) is 6.33. The van der Waals surface area contributed by atoms with Gasteiger partial charge >= 0.3 is 0 Å². The van der Waals surface area contributed by atoms with E-state index in [-0.39, 0.29) is 17.9 Å². The van der Waals surface area contributed by atoms with E-state index in [0.717, 1.165) is 34.1 Å². The number of hydrogen-bond donors (Lipinski definition) is 1. The minimum Gasteiger partial charge on any atom is -0.497 e. The summed E-state index contributed by atoms with van der Waals surface area (Å²) < 4.78 is 22.5. The van der Waals surface area contributed by atoms with Crippen LogP contribution in [0.2, 0.25) is 0 Å². The molecule has 0 aliphatic carbocycles. The molecule has 172 valence electrons. The highest BCUT2D eigenvalue weighted by molar-refractivity contribution is 7.80. The number of thiocarbonyl (C=S) groups is 1. The fraction of sp³-hybridized carbons (Fsp3) is 0.185. The number of para-hydroxylation sites is 1. The van der Waals surface area contributed by atoms with Crippen molar-refractivity contribution in [2.45, 2.75) is 25.9 Å². The first kappa shape index (κ1) is 22.1. The number of hydrogen-bond acceptors (Lipinski definition) is 3. The first-order chi connectivity index (χ1) is 16.5. The third kappa shape index (κ3) is 3.72. The number of ether oxygens (including phenoxy) is 1. The predicted molar refractivity (Wildman–Crippen MR) is 136 cm³/mol. The van der Waals surface area contributed by atoms with Crippen molar-refractivity contribution in [3.05, 3.63) is 107 Å². The van der Waals surface area contributed by atoms with Gasteiger partial charge in [-0.15, -0.1) is 0 Å². The topological polar surface area (TPSA) is 42.3 Å². The van der Waals surface area contributed by atoms with Crippen LogP contribution in [0.15, 0.2) is 79.0 Å². The van der Waals surface area contributed by atoms with Crippen LogP contribution in [0, 0.1) is 19.7 Å². The zero-order valence-corrected chi connectivity index (χ0v) is 20.0. The maximum absolute atomic E-state index is 15.0. The van der Waals surface area contributed by atoms with E-state index in [1.54, 1.807) is 25.4 Å². The third-order valence-corrected chi connectivity index (χ3v) is 6.64. The van der Waals surface area contributed by atoms with Gasteiger partial charge in [-0.05, 0) is 86.2 Å². The molecule has 3 heterocycles. The second-order valence-corrected chi connectivity index (χ2v) is 8.69. The summed E-state index contributed by atoms with van der Waals surface area (Å²) in [6.45, 7) is 4.16. The number of nitrogens with zero attached hydrogens (tertiary/aromatic N) is 3. The summed E-state index contributed by atoms with van der Waals surface area (Å²) in [4.78, 5) is 6.47. The molecule has 0 spiro atoms. The summed E-state index contributed by atoms with van der Waals surface area (Å²) in [5.74, 6) is 0.486. The van der Waals surface area contributed by atoms with Crippen LogP contribution in [0.5, 0.6) is 5.75 Å². The van der Waals surface area contributed by atoms with E-state index in [4.69, 9.17) is 17.0 Å². The van der Waals surface area contributed by atoms with Crippen molar-refractivity contribution in [1.82, 2.24) is 14.9 Å². The van der Waals surface area contributed by atoms with Gasteiger partial charge < -0.3 is 19.5 Å². The molecule has 1 fully saturated rings. The number of aryl methyl sites for hydroxylation is 1. The standard InChI is InChI=1S/C27H25FN4OS/c1-17-16-21(18(2)31(17)19-11-13-20(33-3)14-12-19)26-25(23-9-6-7-15-29-23)30-27(34)32(26)24-10-5-4-8-22(24)28/h4-16,25-26H,1-3H3,(H,30,34)/t25-,26+/m0/s1. The van der Waals surface area contributed by atoms with Gasteiger partial charge in [-0.25, -0.2) is 4.39 Å². The van der Waals surface area contributed by atoms with Gasteiger partial charge in [-0.2, -0.15) is 0 Å². The number of nitrogens with one attached hydrogen (secondary N) is 1. The van der Waals surface area contributed by atoms with Crippen molar-refractivity contribution in [3.8, 4) is 11.4 Å². The Balaban J connectivity index is 1.67. The highest BCUT2D eigenvalue weighted by atomic mass is 32.1. The van der Waals surface area contributed by atoms with Gasteiger partial charge in [0.1, 0.15) is 11.6 Å². The Bertz CT molecular complexity index is 1340. The average molecular weight is 473 g/mol. The van der Waals surface area contributed by atoms with Gasteiger partial charge in [0.2, 0.25) is 0 Å². The number of anilines is 1. The van der Waals surface area contributed by atoms with Crippen LogP contribution in [0.1, 0.15) is 34.7 Å². The van der Waals surface area contributed by atoms with Crippen molar-refractivity contribution >= 4 is 23.0 Å². The maximum atomic E-state index is 15.0. The van der Waals surface area contributed by atoms with Gasteiger partial charge in [-0.3, -0.25) is 4.98 Å². The SMILES string of the molecule is COc1ccc(-n2c(C)cc([C@@H]3[C@H](c4ccccn4)NC(=S)N3c3ccccc3F)c2C)cc1. The number of benzene rings is 2. The van der Waals surface area contributed by atoms with E-state index in [0.29, 0.717) is 10.8 Å². The Hall–Kier alpha value is -3.71. The molecule has 1 N–H and O–H groups in total. The van der Waals surface area contributed by atoms with E-state index >= 15 is 0 Å². The number of aromatic nitrogens is 2. The lowest BCUT2D eigenvalue weighted by Crippen LogP contribution is -2.30. The van der Waals surface area contributed by atoms with Gasteiger partial charge in [0, 0.05) is 23.3 Å². The minimum atomic E-state index is -0.317. The zero-order chi connectivity index (χ0) is 23.8. The first-order valence-corrected chi connectivity index (χ1v) is 11.5. The van der Waals surface area contributed by atoms with Gasteiger partial charge in [0.05, 0.1) is 30.6 Å². The van der Waals surface area contributed by atoms with Crippen LogP contribution in [0.25, 0.3) is 5.69 Å². The molecule has 4 aromatic rings. The van der Waals surface area contributed by atoms with Crippen molar-refractivity contribution in [3.63, 3.8) is 0 Å². The fourth-order valence-corrected chi connectivity index (χ4v) is 5.13. The number of halogens is 1. The van der Waals surface area contributed by atoms with Crippen LogP contribution in [-0.2, 0) is 0 Å². The Labute approximate surface area is 203 Å². The molecule has 0 radical (unpaired) electrons. The molecule has 5 nitrogen and oxygen atoms in total. The summed E-state index contributed by atoms with van der Waals surface area (Å²) in [6, 6.07) is 22.1. The molecule has 34 heavy (non-hydrogen) atoms. The van der Waals surface area contributed by atoms with Crippen LogP contribution in [0.4, 0.5) is 10.1 Å². The van der Waals surface area contributed by atoms with Crippen molar-refractivity contribution in [2.24, 2.45) is 0 Å². The summed E-state index contributed by atoms with van der Waals surface area (Å²) in [7, 11) is 1.66. The molecule has 0 unspecified atom stereocenters. The minimum absolute atomic E-state index is 0.238. The van der Waals surface area contributed by atoms with Gasteiger partial charge in [0.15, 0.2) is 5.11 Å². The molecule has 7 heteroatoms. The van der Waals surface area contributed by atoms with Gasteiger partial charge in [0.25, 0.3) is 0 Å². The maximum Gasteiger partial charge on any atom is 0.174 e. The lowest BCUT2D eigenvalue weighted by Gasteiger charge is -2.28. The van der Waals surface area contributed by atoms with E-state index in [1.165, 1.54) is 6.07 Å². The largest absolute Gasteiger partial charge is 0.497 e. The van der Waals surface area contributed by atoms with E-state index < -0.39 is 0 Å². The summed E-state index contributed by atoms with van der Waals surface area (Å²) in [5.41, 5.74) is 5.51. The Kier molecular flexibility index (Phi) is 5.79. The monoisotopic (exact) mass is 472 g/mol. The number of rotatable bonds is 5. The van der Waals surface area contributed by atoms with Crippen molar-refractivity contribution in [2.75, 3.05) is 12.0 Å². The van der Waals surface area contributed by atoms with Crippen LogP contribution < -0.4 is 15.0 Å². The van der Waals surface area contributed by atoms with Crippen LogP contribution in [-0.4, -0.2) is 21.8 Å². The fourth-order valence-electron chi connectivity index (χ4n) is 4.79. The second kappa shape index (κ2) is 8.91.